The first-order valence-electron chi connectivity index (χ1n) is 21.0. The van der Waals surface area contributed by atoms with E-state index in [4.69, 9.17) is 9.57 Å². The van der Waals surface area contributed by atoms with Gasteiger partial charge in [-0.3, -0.25) is 34.0 Å². The van der Waals surface area contributed by atoms with Gasteiger partial charge >= 0.3 is 12.1 Å². The van der Waals surface area contributed by atoms with E-state index in [-0.39, 0.29) is 57.0 Å². The van der Waals surface area contributed by atoms with Crippen LogP contribution in [0.3, 0.4) is 0 Å². The van der Waals surface area contributed by atoms with Crippen molar-refractivity contribution >= 4 is 35.7 Å². The van der Waals surface area contributed by atoms with Crippen LogP contribution in [-0.2, 0) is 52.9 Å². The number of aromatic nitrogens is 1. The maximum Gasteiger partial charge on any atom is 0.407 e. The van der Waals surface area contributed by atoms with Crippen molar-refractivity contribution in [3.05, 3.63) is 101 Å². The number of piperazine rings is 1. The van der Waals surface area contributed by atoms with Gasteiger partial charge in [-0.2, -0.15) is 0 Å². The number of aliphatic hydroxyl groups is 1. The van der Waals surface area contributed by atoms with Gasteiger partial charge in [-0.05, 0) is 68.4 Å². The molecular formula is C45H57N7O9. The number of fused-ring (bicyclic) bond motifs is 1. The molecule has 3 aromatic rings. The van der Waals surface area contributed by atoms with E-state index >= 15 is 0 Å². The summed E-state index contributed by atoms with van der Waals surface area (Å²) in [5, 5.41) is 21.1. The number of hydrogen-bond acceptors (Lipinski definition) is 12. The van der Waals surface area contributed by atoms with Gasteiger partial charge in [0.05, 0.1) is 12.1 Å². The third-order valence-corrected chi connectivity index (χ3v) is 11.0. The molecule has 2 aliphatic heterocycles. The summed E-state index contributed by atoms with van der Waals surface area (Å²) in [4.78, 5) is 90.2. The molecule has 61 heavy (non-hydrogen) atoms. The lowest BCUT2D eigenvalue weighted by Gasteiger charge is -2.42. The Bertz CT molecular complexity index is 2000. The molecule has 0 saturated carbocycles. The number of ether oxygens (including phenoxy) is 1. The highest BCUT2D eigenvalue weighted by Gasteiger charge is 2.39. The Kier molecular flexibility index (Phi) is 15.2. The van der Waals surface area contributed by atoms with Crippen LogP contribution in [-0.4, -0.2) is 117 Å². The number of alkyl carbamates (subject to hydrolysis) is 1. The fraction of sp³-hybridized carbons (Fsp3) is 0.489. The van der Waals surface area contributed by atoms with Crippen molar-refractivity contribution in [3.63, 3.8) is 0 Å². The average Bonchev–Trinajstić information content (AvgIpc) is 3.73. The monoisotopic (exact) mass is 839 g/mol. The third-order valence-electron chi connectivity index (χ3n) is 11.0. The number of nitrogens with zero attached hydrogens (tertiary/aromatic N) is 4. The van der Waals surface area contributed by atoms with E-state index in [1.54, 1.807) is 6.20 Å². The van der Waals surface area contributed by atoms with E-state index < -0.39 is 59.6 Å². The SMILES string of the molecule is CC(C)(C)NC(=O)[C@@H]1CN(Cc2cccnc2)CCN1C[C@@H](O)CC(Cc1ccccc1)C(=O)N[C@H]1c2ccccc2C[C@H]1OC(=O)NCCCC(=O)ON1C(=O)CCC1=O. The summed E-state index contributed by atoms with van der Waals surface area (Å²) >= 11 is 0. The number of rotatable bonds is 17. The lowest BCUT2D eigenvalue weighted by atomic mass is 9.91. The van der Waals surface area contributed by atoms with Crippen LogP contribution in [0.5, 0.6) is 0 Å². The van der Waals surface area contributed by atoms with Crippen LogP contribution in [0.15, 0.2) is 79.1 Å². The van der Waals surface area contributed by atoms with Gasteiger partial charge in [-0.1, -0.05) is 60.7 Å². The predicted octanol–water partition coefficient (Wildman–Crippen LogP) is 2.99. The topological polar surface area (TPSA) is 200 Å². The molecule has 0 radical (unpaired) electrons. The molecule has 0 spiro atoms. The molecule has 0 bridgehead atoms. The first-order valence-corrected chi connectivity index (χ1v) is 21.0. The van der Waals surface area contributed by atoms with E-state index in [0.717, 1.165) is 22.3 Å². The number of carbonyl (C=O) groups is 6. The maximum absolute atomic E-state index is 14.4. The smallest absolute Gasteiger partial charge is 0.407 e. The van der Waals surface area contributed by atoms with Gasteiger partial charge in [0.15, 0.2) is 0 Å². The first-order chi connectivity index (χ1) is 29.2. The molecule has 326 valence electrons. The number of imide groups is 1. The predicted molar refractivity (Wildman–Crippen MR) is 223 cm³/mol. The molecule has 1 aromatic heterocycles. The summed E-state index contributed by atoms with van der Waals surface area (Å²) in [6.45, 7) is 8.38. The van der Waals surface area contributed by atoms with E-state index in [2.05, 4.69) is 25.8 Å². The minimum Gasteiger partial charge on any atom is -0.443 e. The minimum atomic E-state index is -0.948. The van der Waals surface area contributed by atoms with Crippen LogP contribution >= 0.6 is 0 Å². The zero-order valence-corrected chi connectivity index (χ0v) is 35.1. The molecule has 16 heteroatoms. The number of hydroxylamine groups is 2. The normalized spacial score (nSPS) is 20.4. The molecule has 1 aliphatic carbocycles. The van der Waals surface area contributed by atoms with Crippen molar-refractivity contribution < 1.29 is 43.4 Å². The zero-order chi connectivity index (χ0) is 43.5. The molecule has 16 nitrogen and oxygen atoms in total. The van der Waals surface area contributed by atoms with E-state index in [1.807, 2.05) is 98.6 Å². The fourth-order valence-corrected chi connectivity index (χ4v) is 8.06. The van der Waals surface area contributed by atoms with Crippen molar-refractivity contribution in [2.45, 2.75) is 102 Å². The zero-order valence-electron chi connectivity index (χ0n) is 35.1. The summed E-state index contributed by atoms with van der Waals surface area (Å²) in [7, 11) is 0. The second-order valence-electron chi connectivity index (χ2n) is 17.0. The van der Waals surface area contributed by atoms with Gasteiger partial charge < -0.3 is 30.6 Å². The van der Waals surface area contributed by atoms with Crippen LogP contribution in [0.4, 0.5) is 4.79 Å². The summed E-state index contributed by atoms with van der Waals surface area (Å²) in [5.74, 6) is -3.01. The van der Waals surface area contributed by atoms with Gasteiger partial charge in [0.25, 0.3) is 11.8 Å². The highest BCUT2D eigenvalue weighted by Crippen LogP contribution is 2.34. The Morgan fingerprint density at radius 1 is 0.934 bits per heavy atom. The second kappa shape index (κ2) is 20.7. The van der Waals surface area contributed by atoms with Crippen molar-refractivity contribution in [2.75, 3.05) is 32.7 Å². The Morgan fingerprint density at radius 2 is 1.66 bits per heavy atom. The van der Waals surface area contributed by atoms with Gasteiger partial charge in [0.1, 0.15) is 12.1 Å². The van der Waals surface area contributed by atoms with Gasteiger partial charge in [-0.25, -0.2) is 9.59 Å². The van der Waals surface area contributed by atoms with Crippen molar-refractivity contribution in [3.8, 4) is 0 Å². The number of pyridine rings is 1. The number of β-amino-alcohol motifs (C(OH)–C–C–N with tert-alkyl or cyclic N) is 1. The Balaban J connectivity index is 1.09. The summed E-state index contributed by atoms with van der Waals surface area (Å²) < 4.78 is 5.86. The minimum absolute atomic E-state index is 0.00604. The quantitative estimate of drug-likeness (QED) is 0.115. The van der Waals surface area contributed by atoms with E-state index in [1.165, 1.54) is 0 Å². The van der Waals surface area contributed by atoms with Crippen molar-refractivity contribution in [2.24, 2.45) is 5.92 Å². The van der Waals surface area contributed by atoms with Crippen LogP contribution in [0.25, 0.3) is 0 Å². The largest absolute Gasteiger partial charge is 0.443 e. The molecule has 5 amide bonds. The molecule has 2 aromatic carbocycles. The third kappa shape index (κ3) is 12.9. The summed E-state index contributed by atoms with van der Waals surface area (Å²) in [6.07, 6.45) is 1.95. The Labute approximate surface area is 356 Å². The molecule has 4 N–H and O–H groups in total. The number of hydrogen-bond donors (Lipinski definition) is 4. The molecule has 5 atom stereocenters. The Hall–Kier alpha value is -5.71. The van der Waals surface area contributed by atoms with Gasteiger partial charge in [-0.15, -0.1) is 5.06 Å². The number of benzene rings is 2. The first kappa shape index (κ1) is 44.8. The van der Waals surface area contributed by atoms with E-state index in [9.17, 15) is 33.9 Å². The van der Waals surface area contributed by atoms with Crippen LogP contribution < -0.4 is 16.0 Å². The Morgan fingerprint density at radius 3 is 2.38 bits per heavy atom. The van der Waals surface area contributed by atoms with Crippen LogP contribution in [0.2, 0.25) is 0 Å². The molecule has 2 fully saturated rings. The highest BCUT2D eigenvalue weighted by atomic mass is 16.7. The highest BCUT2D eigenvalue weighted by molar-refractivity contribution is 6.01. The molecule has 2 saturated heterocycles. The number of nitrogens with one attached hydrogen (secondary N) is 3. The van der Waals surface area contributed by atoms with Crippen molar-refractivity contribution in [1.82, 2.24) is 35.8 Å². The number of amides is 5. The summed E-state index contributed by atoms with van der Waals surface area (Å²) in [5.41, 5.74) is 3.25. The average molecular weight is 840 g/mol. The van der Waals surface area contributed by atoms with E-state index in [0.29, 0.717) is 44.1 Å². The fourth-order valence-electron chi connectivity index (χ4n) is 8.06. The van der Waals surface area contributed by atoms with Gasteiger partial charge in [0.2, 0.25) is 11.8 Å². The van der Waals surface area contributed by atoms with Crippen LogP contribution in [0, 0.1) is 5.92 Å². The molecule has 3 aliphatic rings. The molecular weight excluding hydrogens is 783 g/mol. The standard InChI is InChI=1S/C45H57N7O9/c1-45(2,3)49-43(58)36-29-50(27-31-13-9-19-46-26-31)21-22-51(36)28-34(53)24-33(23-30-11-5-4-6-12-30)42(57)48-41-35-15-8-7-14-32(35)25-37(41)60-44(59)47-20-10-16-40(56)61-52-38(54)17-18-39(52)55/h4-9,11-15,19,26,33-34,36-37,41,53H,10,16-18,20-25,27-29H2,1-3H3,(H,47,59)(H,48,57)(H,49,58)/t33?,34-,36-,37+,41-/m0/s1. The lowest BCUT2D eigenvalue weighted by Crippen LogP contribution is -2.61. The molecule has 6 rings (SSSR count). The van der Waals surface area contributed by atoms with Crippen molar-refractivity contribution in [1.29, 1.82) is 0 Å². The second-order valence-corrected chi connectivity index (χ2v) is 17.0. The lowest BCUT2D eigenvalue weighted by molar-refractivity contribution is -0.197. The molecule has 3 heterocycles. The summed E-state index contributed by atoms with van der Waals surface area (Å²) in [6, 6.07) is 19.8. The maximum atomic E-state index is 14.4. The van der Waals surface area contributed by atoms with Crippen LogP contribution in [0.1, 0.15) is 81.2 Å². The van der Waals surface area contributed by atoms with Gasteiger partial charge in [0, 0.05) is 88.8 Å². The number of carbonyl (C=O) groups excluding carboxylic acids is 6. The number of aliphatic hydroxyl groups excluding tert-OH is 1. The molecule has 1 unspecified atom stereocenters.